The fraction of sp³-hybridized carbons (Fsp3) is 0.812. The van der Waals surface area contributed by atoms with E-state index in [2.05, 4.69) is 43.9 Å². The van der Waals surface area contributed by atoms with E-state index in [1.54, 1.807) is 5.57 Å². The van der Waals surface area contributed by atoms with Crippen molar-refractivity contribution in [3.63, 3.8) is 0 Å². The van der Waals surface area contributed by atoms with Crippen LogP contribution in [0.5, 0.6) is 0 Å². The zero-order valence-electron chi connectivity index (χ0n) is 12.1. The largest absolute Gasteiger partial charge is 0.226 e. The lowest BCUT2D eigenvalue weighted by Crippen LogP contribution is -2.47. The number of allylic oxidation sites excluding steroid dienone is 2. The van der Waals surface area contributed by atoms with Gasteiger partial charge in [-0.15, -0.1) is 0 Å². The first-order valence-electron chi connectivity index (χ1n) is 7.24. The fourth-order valence-corrected chi connectivity index (χ4v) is 4.32. The number of aliphatic imine (C=N–C) groups is 1. The Bertz CT molecular complexity index is 392. The van der Waals surface area contributed by atoms with Gasteiger partial charge in [-0.2, -0.15) is 0 Å². The number of rotatable bonds is 2. The second-order valence-corrected chi connectivity index (χ2v) is 6.92. The van der Waals surface area contributed by atoms with Gasteiger partial charge in [-0.25, -0.2) is 4.99 Å². The topological polar surface area (TPSA) is 12.4 Å². The van der Waals surface area contributed by atoms with E-state index in [0.29, 0.717) is 11.8 Å². The van der Waals surface area contributed by atoms with E-state index in [1.807, 2.05) is 0 Å². The van der Waals surface area contributed by atoms with Crippen molar-refractivity contribution in [3.05, 3.63) is 11.6 Å². The maximum Gasteiger partial charge on any atom is 0.0716 e. The molecule has 0 saturated heterocycles. The van der Waals surface area contributed by atoms with Crippen molar-refractivity contribution in [2.75, 3.05) is 0 Å². The molecule has 18 heavy (non-hydrogen) atoms. The van der Waals surface area contributed by atoms with Crippen LogP contribution < -0.4 is 0 Å². The van der Waals surface area contributed by atoms with Crippen LogP contribution in [0, 0.1) is 23.7 Å². The third-order valence-electron chi connectivity index (χ3n) is 5.23. The van der Waals surface area contributed by atoms with Gasteiger partial charge in [0.05, 0.1) is 10.7 Å². The van der Waals surface area contributed by atoms with Gasteiger partial charge in [0.2, 0.25) is 0 Å². The second kappa shape index (κ2) is 5.27. The van der Waals surface area contributed by atoms with Crippen LogP contribution in [0.1, 0.15) is 53.4 Å². The summed E-state index contributed by atoms with van der Waals surface area (Å²) in [5.74, 6) is 2.95. The molecular formula is C16H25NS. The molecule has 4 atom stereocenters. The molecule has 1 nitrogen and oxygen atoms in total. The predicted octanol–water partition coefficient (Wildman–Crippen LogP) is 4.89. The molecule has 2 aliphatic rings. The molecule has 0 aromatic rings. The van der Waals surface area contributed by atoms with E-state index < -0.39 is 0 Å². The Morgan fingerprint density at radius 1 is 1.44 bits per heavy atom. The minimum absolute atomic E-state index is 0.0367. The molecule has 0 aromatic carbocycles. The van der Waals surface area contributed by atoms with E-state index in [9.17, 15) is 0 Å². The highest BCUT2D eigenvalue weighted by Crippen LogP contribution is 2.51. The van der Waals surface area contributed by atoms with Crippen LogP contribution in [0.25, 0.3) is 0 Å². The van der Waals surface area contributed by atoms with E-state index in [4.69, 9.17) is 12.2 Å². The average Bonchev–Trinajstić information content (AvgIpc) is 2.28. The number of hydrogen-bond acceptors (Lipinski definition) is 2. The van der Waals surface area contributed by atoms with Gasteiger partial charge in [-0.3, -0.25) is 0 Å². The van der Waals surface area contributed by atoms with E-state index in [-0.39, 0.29) is 5.54 Å². The van der Waals surface area contributed by atoms with Crippen molar-refractivity contribution in [1.82, 2.24) is 0 Å². The van der Waals surface area contributed by atoms with Gasteiger partial charge in [-0.1, -0.05) is 25.5 Å². The molecule has 2 rings (SSSR count). The van der Waals surface area contributed by atoms with Gasteiger partial charge in [0.25, 0.3) is 0 Å². The van der Waals surface area contributed by atoms with E-state index >= 15 is 0 Å². The highest BCUT2D eigenvalue weighted by molar-refractivity contribution is 7.78. The Morgan fingerprint density at radius 3 is 2.78 bits per heavy atom. The summed E-state index contributed by atoms with van der Waals surface area (Å²) < 4.78 is 0. The van der Waals surface area contributed by atoms with Crippen LogP contribution in [0.15, 0.2) is 16.6 Å². The number of hydrogen-bond donors (Lipinski definition) is 0. The summed E-state index contributed by atoms with van der Waals surface area (Å²) >= 11 is 4.87. The summed E-state index contributed by atoms with van der Waals surface area (Å²) in [6.07, 6.45) is 7.49. The SMILES string of the molecule is CC1=C[C@H]2C(C(C)C)CC[C@@](C)(N=C=S)[C@H]2CC1. The average molecular weight is 263 g/mol. The van der Waals surface area contributed by atoms with Gasteiger partial charge in [0.15, 0.2) is 0 Å². The lowest BCUT2D eigenvalue weighted by Gasteiger charge is -2.49. The molecule has 0 aromatic heterocycles. The van der Waals surface area contributed by atoms with E-state index in [0.717, 1.165) is 11.8 Å². The van der Waals surface area contributed by atoms with Crippen molar-refractivity contribution in [1.29, 1.82) is 0 Å². The Morgan fingerprint density at radius 2 is 2.17 bits per heavy atom. The van der Waals surface area contributed by atoms with Crippen LogP contribution in [0.2, 0.25) is 0 Å². The molecule has 1 unspecified atom stereocenters. The van der Waals surface area contributed by atoms with Crippen LogP contribution >= 0.6 is 12.2 Å². The maximum atomic E-state index is 4.87. The number of fused-ring (bicyclic) bond motifs is 1. The third-order valence-corrected chi connectivity index (χ3v) is 5.32. The Balaban J connectivity index is 2.34. The molecule has 0 heterocycles. The number of nitrogens with zero attached hydrogens (tertiary/aromatic N) is 1. The summed E-state index contributed by atoms with van der Waals surface area (Å²) in [6, 6.07) is 0. The highest BCUT2D eigenvalue weighted by Gasteiger charge is 2.47. The van der Waals surface area contributed by atoms with Gasteiger partial charge < -0.3 is 0 Å². The molecule has 2 aliphatic carbocycles. The Kier molecular flexibility index (Phi) is 4.08. The van der Waals surface area contributed by atoms with Crippen molar-refractivity contribution in [2.45, 2.75) is 58.9 Å². The molecule has 0 bridgehead atoms. The fourth-order valence-electron chi connectivity index (χ4n) is 4.11. The maximum absolute atomic E-state index is 4.87. The molecular weight excluding hydrogens is 238 g/mol. The Hall–Kier alpha value is -0.460. The van der Waals surface area contributed by atoms with Gasteiger partial charge in [0, 0.05) is 0 Å². The molecule has 1 saturated carbocycles. The zero-order chi connectivity index (χ0) is 13.3. The zero-order valence-corrected chi connectivity index (χ0v) is 12.9. The summed E-state index contributed by atoms with van der Waals surface area (Å²) in [7, 11) is 0. The lowest BCUT2D eigenvalue weighted by atomic mass is 9.57. The minimum Gasteiger partial charge on any atom is -0.226 e. The third kappa shape index (κ3) is 2.46. The molecule has 0 radical (unpaired) electrons. The lowest BCUT2D eigenvalue weighted by molar-refractivity contribution is 0.0685. The molecule has 2 heteroatoms. The molecule has 0 amide bonds. The molecule has 100 valence electrons. The molecule has 0 spiro atoms. The van der Waals surface area contributed by atoms with Gasteiger partial charge in [-0.05, 0) is 75.4 Å². The molecule has 1 fully saturated rings. The van der Waals surface area contributed by atoms with Gasteiger partial charge in [0.1, 0.15) is 0 Å². The van der Waals surface area contributed by atoms with Crippen molar-refractivity contribution >= 4 is 17.4 Å². The number of isothiocyanates is 1. The quantitative estimate of drug-likeness (QED) is 0.393. The van der Waals surface area contributed by atoms with Crippen molar-refractivity contribution < 1.29 is 0 Å². The van der Waals surface area contributed by atoms with Crippen molar-refractivity contribution in [2.24, 2.45) is 28.7 Å². The van der Waals surface area contributed by atoms with E-state index in [1.165, 1.54) is 25.7 Å². The highest BCUT2D eigenvalue weighted by atomic mass is 32.1. The van der Waals surface area contributed by atoms with Crippen LogP contribution in [-0.2, 0) is 0 Å². The normalized spacial score (nSPS) is 39.8. The summed E-state index contributed by atoms with van der Waals surface area (Å²) in [6.45, 7) is 9.30. The summed E-state index contributed by atoms with van der Waals surface area (Å²) in [5, 5.41) is 2.65. The second-order valence-electron chi connectivity index (χ2n) is 6.74. The van der Waals surface area contributed by atoms with Crippen molar-refractivity contribution in [3.8, 4) is 0 Å². The van der Waals surface area contributed by atoms with Crippen LogP contribution in [0.3, 0.4) is 0 Å². The van der Waals surface area contributed by atoms with Crippen LogP contribution in [0.4, 0.5) is 0 Å². The molecule has 0 aliphatic heterocycles. The monoisotopic (exact) mass is 263 g/mol. The first-order chi connectivity index (χ1) is 8.48. The first-order valence-corrected chi connectivity index (χ1v) is 7.65. The van der Waals surface area contributed by atoms with Crippen LogP contribution in [-0.4, -0.2) is 10.7 Å². The smallest absolute Gasteiger partial charge is 0.0716 e. The molecule has 0 N–H and O–H groups in total. The first kappa shape index (κ1) is 14.0. The minimum atomic E-state index is 0.0367. The number of thiocarbonyl (C=S) groups is 1. The summed E-state index contributed by atoms with van der Waals surface area (Å²) in [5.41, 5.74) is 1.60. The predicted molar refractivity (Wildman–Crippen MR) is 81.0 cm³/mol. The standard InChI is InChI=1S/C16H25NS/c1-11(2)13-7-8-16(4,17-10-18)15-6-5-12(3)9-14(13)15/h9,11,13-15H,5-8H2,1-4H3/t13?,14-,15-,16+/m0/s1. The Labute approximate surface area is 117 Å². The van der Waals surface area contributed by atoms with Gasteiger partial charge >= 0.3 is 0 Å². The summed E-state index contributed by atoms with van der Waals surface area (Å²) in [4.78, 5) is 4.55.